The number of halogens is 2. The van der Waals surface area contributed by atoms with Gasteiger partial charge in [0, 0.05) is 10.6 Å². The molecule has 0 saturated heterocycles. The van der Waals surface area contributed by atoms with Crippen LogP contribution in [0.1, 0.15) is 4.88 Å². The van der Waals surface area contributed by atoms with Crippen molar-refractivity contribution in [3.05, 3.63) is 21.2 Å². The van der Waals surface area contributed by atoms with Crippen molar-refractivity contribution in [2.24, 2.45) is 0 Å². The maximum Gasteiger partial charge on any atom is 0.172 e. The van der Waals surface area contributed by atoms with Crippen molar-refractivity contribution in [2.45, 2.75) is 6.92 Å². The minimum Gasteiger partial charge on any atom is -0.398 e. The highest BCUT2D eigenvalue weighted by Gasteiger charge is 2.12. The van der Waals surface area contributed by atoms with E-state index in [1.54, 1.807) is 6.07 Å². The molecule has 0 aliphatic heterocycles. The van der Waals surface area contributed by atoms with Crippen LogP contribution in [-0.4, -0.2) is 9.97 Å². The second-order valence-electron chi connectivity index (χ2n) is 3.16. The quantitative estimate of drug-likeness (QED) is 0.784. The van der Waals surface area contributed by atoms with E-state index >= 15 is 0 Å². The molecule has 0 aromatic carbocycles. The molecule has 0 radical (unpaired) electrons. The van der Waals surface area contributed by atoms with E-state index in [1.807, 2.05) is 6.92 Å². The summed E-state index contributed by atoms with van der Waals surface area (Å²) < 4.78 is 0. The van der Waals surface area contributed by atoms with Gasteiger partial charge in [0.15, 0.2) is 16.1 Å². The van der Waals surface area contributed by atoms with Crippen molar-refractivity contribution in [1.29, 1.82) is 0 Å². The molecule has 0 saturated carbocycles. The Morgan fingerprint density at radius 3 is 2.19 bits per heavy atom. The number of hydrogen-bond donors (Lipinski definition) is 2. The van der Waals surface area contributed by atoms with Gasteiger partial charge in [-0.15, -0.1) is 11.3 Å². The molecule has 4 N–H and O–H groups in total. The molecule has 0 amide bonds. The molecule has 0 fully saturated rings. The van der Waals surface area contributed by atoms with Crippen LogP contribution in [0.25, 0.3) is 10.7 Å². The van der Waals surface area contributed by atoms with Gasteiger partial charge in [-0.2, -0.15) is 0 Å². The molecule has 16 heavy (non-hydrogen) atoms. The Labute approximate surface area is 106 Å². The zero-order valence-corrected chi connectivity index (χ0v) is 10.6. The third-order valence-corrected chi connectivity index (χ3v) is 3.67. The molecule has 0 aliphatic rings. The van der Waals surface area contributed by atoms with Crippen molar-refractivity contribution in [3.63, 3.8) is 0 Å². The van der Waals surface area contributed by atoms with Gasteiger partial charge in [0.1, 0.15) is 5.69 Å². The van der Waals surface area contributed by atoms with E-state index in [1.165, 1.54) is 11.3 Å². The third kappa shape index (κ3) is 1.93. The van der Waals surface area contributed by atoms with Crippen LogP contribution in [0, 0.1) is 6.92 Å². The highest BCUT2D eigenvalue weighted by molar-refractivity contribution is 7.15. The first-order valence-corrected chi connectivity index (χ1v) is 5.91. The molecule has 0 unspecified atom stereocenters. The second-order valence-corrected chi connectivity index (χ2v) is 5.14. The van der Waals surface area contributed by atoms with E-state index < -0.39 is 0 Å². The molecule has 0 atom stereocenters. The van der Waals surface area contributed by atoms with Crippen LogP contribution in [0.4, 0.5) is 11.4 Å². The summed E-state index contributed by atoms with van der Waals surface area (Å²) in [5.74, 6) is 0.439. The van der Waals surface area contributed by atoms with Crippen molar-refractivity contribution in [1.82, 2.24) is 9.97 Å². The maximum absolute atomic E-state index is 5.83. The highest BCUT2D eigenvalue weighted by atomic mass is 35.5. The zero-order chi connectivity index (χ0) is 11.9. The van der Waals surface area contributed by atoms with Crippen LogP contribution in [0.3, 0.4) is 0 Å². The number of hydrogen-bond acceptors (Lipinski definition) is 5. The average Bonchev–Trinajstić information content (AvgIpc) is 2.55. The fourth-order valence-corrected chi connectivity index (χ4v) is 2.40. The Morgan fingerprint density at radius 2 is 1.75 bits per heavy atom. The first kappa shape index (κ1) is 11.4. The standard InChI is InChI=1S/C9H8Cl2N4S/c1-3-4(12)2-5(16-3)9-14-7(10)6(13)8(11)15-9/h2H,12-13H2,1H3. The number of nitrogens with zero attached hydrogens (tertiary/aromatic N) is 2. The van der Waals surface area contributed by atoms with Crippen molar-refractivity contribution in [2.75, 3.05) is 11.5 Å². The van der Waals surface area contributed by atoms with Gasteiger partial charge in [0.25, 0.3) is 0 Å². The number of nitrogen functional groups attached to an aromatic ring is 2. The normalized spacial score (nSPS) is 10.7. The van der Waals surface area contributed by atoms with Crippen molar-refractivity contribution in [3.8, 4) is 10.7 Å². The van der Waals surface area contributed by atoms with Gasteiger partial charge in [0.05, 0.1) is 4.88 Å². The summed E-state index contributed by atoms with van der Waals surface area (Å²) in [6.07, 6.45) is 0. The van der Waals surface area contributed by atoms with E-state index in [9.17, 15) is 0 Å². The van der Waals surface area contributed by atoms with E-state index in [4.69, 9.17) is 34.7 Å². The van der Waals surface area contributed by atoms with Gasteiger partial charge in [-0.05, 0) is 13.0 Å². The molecule has 0 bridgehead atoms. The summed E-state index contributed by atoms with van der Waals surface area (Å²) in [5.41, 5.74) is 12.2. The smallest absolute Gasteiger partial charge is 0.172 e. The Morgan fingerprint density at radius 1 is 1.19 bits per heavy atom. The largest absolute Gasteiger partial charge is 0.398 e. The lowest BCUT2D eigenvalue weighted by molar-refractivity contribution is 1.19. The molecule has 4 nitrogen and oxygen atoms in total. The van der Waals surface area contributed by atoms with Crippen LogP contribution in [0.2, 0.25) is 10.3 Å². The van der Waals surface area contributed by atoms with E-state index in [0.717, 1.165) is 9.75 Å². The molecule has 0 aliphatic carbocycles. The van der Waals surface area contributed by atoms with Gasteiger partial charge in [-0.3, -0.25) is 0 Å². The van der Waals surface area contributed by atoms with E-state index in [0.29, 0.717) is 11.5 Å². The predicted molar refractivity (Wildman–Crippen MR) is 68.9 cm³/mol. The number of anilines is 2. The van der Waals surface area contributed by atoms with Gasteiger partial charge in [0.2, 0.25) is 0 Å². The molecule has 2 heterocycles. The summed E-state index contributed by atoms with van der Waals surface area (Å²) in [6, 6.07) is 1.79. The van der Waals surface area contributed by atoms with Gasteiger partial charge in [-0.1, -0.05) is 23.2 Å². The van der Waals surface area contributed by atoms with Crippen LogP contribution >= 0.6 is 34.5 Å². The first-order valence-electron chi connectivity index (χ1n) is 4.34. The Bertz CT molecular complexity index is 510. The fraction of sp³-hybridized carbons (Fsp3) is 0.111. The van der Waals surface area contributed by atoms with Crippen LogP contribution in [-0.2, 0) is 0 Å². The summed E-state index contributed by atoms with van der Waals surface area (Å²) >= 11 is 13.1. The Balaban J connectivity index is 2.56. The minimum atomic E-state index is 0.152. The lowest BCUT2D eigenvalue weighted by atomic mass is 10.3. The molecule has 2 rings (SSSR count). The molecule has 2 aromatic rings. The minimum absolute atomic E-state index is 0.152. The molecule has 7 heteroatoms. The summed E-state index contributed by atoms with van der Waals surface area (Å²) in [4.78, 5) is 9.94. The second kappa shape index (κ2) is 4.08. The lowest BCUT2D eigenvalue weighted by Crippen LogP contribution is -1.96. The van der Waals surface area contributed by atoms with Crippen LogP contribution in [0.5, 0.6) is 0 Å². The molecule has 84 valence electrons. The maximum atomic E-state index is 5.83. The zero-order valence-electron chi connectivity index (χ0n) is 8.29. The number of thiophene rings is 1. The van der Waals surface area contributed by atoms with Gasteiger partial charge < -0.3 is 11.5 Å². The highest BCUT2D eigenvalue weighted by Crippen LogP contribution is 2.33. The topological polar surface area (TPSA) is 77.8 Å². The SMILES string of the molecule is Cc1sc(-c2nc(Cl)c(N)c(Cl)n2)cc1N. The molecular weight excluding hydrogens is 267 g/mol. The Kier molecular flexibility index (Phi) is 2.92. The average molecular weight is 275 g/mol. The monoisotopic (exact) mass is 274 g/mol. The van der Waals surface area contributed by atoms with E-state index in [2.05, 4.69) is 9.97 Å². The summed E-state index contributed by atoms with van der Waals surface area (Å²) in [7, 11) is 0. The van der Waals surface area contributed by atoms with E-state index in [-0.39, 0.29) is 16.0 Å². The fourth-order valence-electron chi connectivity index (χ4n) is 1.13. The number of nitrogens with two attached hydrogens (primary N) is 2. The molecule has 0 spiro atoms. The third-order valence-electron chi connectivity index (χ3n) is 2.03. The van der Waals surface area contributed by atoms with Crippen molar-refractivity contribution >= 4 is 45.9 Å². The first-order chi connectivity index (χ1) is 7.49. The predicted octanol–water partition coefficient (Wildman–Crippen LogP) is 2.98. The van der Waals surface area contributed by atoms with Crippen molar-refractivity contribution < 1.29 is 0 Å². The van der Waals surface area contributed by atoms with Gasteiger partial charge in [-0.25, -0.2) is 9.97 Å². The number of rotatable bonds is 1. The van der Waals surface area contributed by atoms with Crippen LogP contribution in [0.15, 0.2) is 6.07 Å². The van der Waals surface area contributed by atoms with Gasteiger partial charge >= 0.3 is 0 Å². The summed E-state index contributed by atoms with van der Waals surface area (Å²) in [5, 5.41) is 0.305. The molecular formula is C9H8Cl2N4S. The van der Waals surface area contributed by atoms with Crippen LogP contribution < -0.4 is 11.5 Å². The lowest BCUT2D eigenvalue weighted by Gasteiger charge is -2.02. The Hall–Kier alpha value is -1.04. The summed E-state index contributed by atoms with van der Waals surface area (Å²) in [6.45, 7) is 1.92. The molecule has 2 aromatic heterocycles. The number of aromatic nitrogens is 2. The number of aryl methyl sites for hydroxylation is 1.